The van der Waals surface area contributed by atoms with E-state index in [1.165, 1.54) is 18.2 Å². The largest absolute Gasteiger partial charge is 0.380 e. The Morgan fingerprint density at radius 1 is 1.20 bits per heavy atom. The van der Waals surface area contributed by atoms with Gasteiger partial charge in [-0.15, -0.1) is 0 Å². The average Bonchev–Trinajstić information content (AvgIpc) is 2.21. The first-order valence-electron chi connectivity index (χ1n) is 4.92. The number of thioether (sulfide) groups is 1. The Labute approximate surface area is 93.3 Å². The van der Waals surface area contributed by atoms with Crippen LogP contribution in [-0.2, 0) is 0 Å². The van der Waals surface area contributed by atoms with Crippen LogP contribution >= 0.6 is 11.8 Å². The molecule has 0 aliphatic carbocycles. The van der Waals surface area contributed by atoms with E-state index in [4.69, 9.17) is 0 Å². The number of nitrogens with one attached hydrogen (secondary N) is 1. The van der Waals surface area contributed by atoms with Crippen LogP contribution in [0.1, 0.15) is 12.8 Å². The summed E-state index contributed by atoms with van der Waals surface area (Å²) in [6.45, 7) is 0.610. The molecule has 1 rings (SSSR count). The lowest BCUT2D eigenvalue weighted by atomic mass is 10.2. The summed E-state index contributed by atoms with van der Waals surface area (Å²) >= 11 is 1.78. The highest BCUT2D eigenvalue weighted by molar-refractivity contribution is 7.98. The van der Waals surface area contributed by atoms with Crippen LogP contribution in [0.25, 0.3) is 0 Å². The number of unbranched alkanes of at least 4 members (excludes halogenated alkanes) is 1. The molecule has 0 atom stereocenters. The summed E-state index contributed by atoms with van der Waals surface area (Å²) in [5, 5.41) is 2.78. The smallest absolute Gasteiger partial charge is 0.149 e. The highest BCUT2D eigenvalue weighted by atomic mass is 32.2. The Bertz CT molecular complexity index is 284. The van der Waals surface area contributed by atoms with Crippen LogP contribution in [0.15, 0.2) is 18.2 Å². The minimum Gasteiger partial charge on any atom is -0.380 e. The van der Waals surface area contributed by atoms with Crippen molar-refractivity contribution in [1.82, 2.24) is 0 Å². The van der Waals surface area contributed by atoms with Crippen molar-refractivity contribution in [3.8, 4) is 0 Å². The standard InChI is InChI=1S/C11H15F2NS/c1-15-8-3-2-7-14-11-9(12)5-4-6-10(11)13/h4-6,14H,2-3,7-8H2,1H3. The summed E-state index contributed by atoms with van der Waals surface area (Å²) < 4.78 is 26.2. The van der Waals surface area contributed by atoms with Gasteiger partial charge in [-0.1, -0.05) is 6.07 Å². The van der Waals surface area contributed by atoms with Gasteiger partial charge in [0.05, 0.1) is 0 Å². The SMILES string of the molecule is CSCCCCNc1c(F)cccc1F. The molecule has 0 fully saturated rings. The zero-order chi connectivity index (χ0) is 11.1. The lowest BCUT2D eigenvalue weighted by Crippen LogP contribution is -2.05. The maximum Gasteiger partial charge on any atom is 0.149 e. The monoisotopic (exact) mass is 231 g/mol. The minimum absolute atomic E-state index is 0.0124. The van der Waals surface area contributed by atoms with Crippen molar-refractivity contribution in [2.24, 2.45) is 0 Å². The van der Waals surface area contributed by atoms with Crippen molar-refractivity contribution in [3.63, 3.8) is 0 Å². The Balaban J connectivity index is 2.37. The van der Waals surface area contributed by atoms with Crippen molar-refractivity contribution in [1.29, 1.82) is 0 Å². The number of rotatable bonds is 6. The number of hydrogen-bond donors (Lipinski definition) is 1. The van der Waals surface area contributed by atoms with Gasteiger partial charge in [-0.05, 0) is 37.0 Å². The lowest BCUT2D eigenvalue weighted by Gasteiger charge is -2.07. The van der Waals surface area contributed by atoms with E-state index in [-0.39, 0.29) is 5.69 Å². The van der Waals surface area contributed by atoms with E-state index in [1.54, 1.807) is 11.8 Å². The third-order valence-corrected chi connectivity index (χ3v) is 2.74. The van der Waals surface area contributed by atoms with Crippen LogP contribution in [0.3, 0.4) is 0 Å². The summed E-state index contributed by atoms with van der Waals surface area (Å²) in [4.78, 5) is 0. The maximum absolute atomic E-state index is 13.1. The number of hydrogen-bond acceptors (Lipinski definition) is 2. The fourth-order valence-electron chi connectivity index (χ4n) is 1.25. The molecule has 15 heavy (non-hydrogen) atoms. The Hall–Kier alpha value is -0.770. The first kappa shape index (κ1) is 12.3. The maximum atomic E-state index is 13.1. The zero-order valence-electron chi connectivity index (χ0n) is 8.72. The van der Waals surface area contributed by atoms with Gasteiger partial charge < -0.3 is 5.32 Å². The third kappa shape index (κ3) is 4.08. The van der Waals surface area contributed by atoms with Crippen LogP contribution in [0, 0.1) is 11.6 Å². The van der Waals surface area contributed by atoms with Crippen molar-refractivity contribution < 1.29 is 8.78 Å². The van der Waals surface area contributed by atoms with Crippen molar-refractivity contribution >= 4 is 17.4 Å². The molecule has 0 amide bonds. The summed E-state index contributed by atoms with van der Waals surface area (Å²) in [5.74, 6) is 0.0290. The molecule has 0 bridgehead atoms. The van der Waals surface area contributed by atoms with Gasteiger partial charge in [0.1, 0.15) is 17.3 Å². The minimum atomic E-state index is -0.528. The Morgan fingerprint density at radius 3 is 2.47 bits per heavy atom. The van der Waals surface area contributed by atoms with E-state index in [1.807, 2.05) is 6.26 Å². The molecule has 4 heteroatoms. The van der Waals surface area contributed by atoms with Gasteiger partial charge in [-0.2, -0.15) is 11.8 Å². The molecule has 0 heterocycles. The highest BCUT2D eigenvalue weighted by Crippen LogP contribution is 2.17. The number of benzene rings is 1. The second kappa shape index (κ2) is 6.67. The lowest BCUT2D eigenvalue weighted by molar-refractivity contribution is 0.587. The normalized spacial score (nSPS) is 10.3. The molecule has 0 radical (unpaired) electrons. The molecule has 1 aromatic rings. The van der Waals surface area contributed by atoms with E-state index >= 15 is 0 Å². The van der Waals surface area contributed by atoms with Crippen molar-refractivity contribution in [2.75, 3.05) is 23.9 Å². The zero-order valence-corrected chi connectivity index (χ0v) is 9.54. The molecule has 0 aromatic heterocycles. The second-order valence-electron chi connectivity index (χ2n) is 3.22. The van der Waals surface area contributed by atoms with Crippen LogP contribution < -0.4 is 5.32 Å². The average molecular weight is 231 g/mol. The van der Waals surface area contributed by atoms with Crippen molar-refractivity contribution in [2.45, 2.75) is 12.8 Å². The van der Waals surface area contributed by atoms with Crippen molar-refractivity contribution in [3.05, 3.63) is 29.8 Å². The van der Waals surface area contributed by atoms with E-state index in [9.17, 15) is 8.78 Å². The molecule has 0 aliphatic heterocycles. The molecule has 1 nitrogen and oxygen atoms in total. The molecule has 0 spiro atoms. The number of halogens is 2. The third-order valence-electron chi connectivity index (χ3n) is 2.04. The van der Waals surface area contributed by atoms with Gasteiger partial charge in [-0.3, -0.25) is 0 Å². The molecule has 0 saturated heterocycles. The molecule has 0 saturated carbocycles. The van der Waals surface area contributed by atoms with Crippen LogP contribution in [-0.4, -0.2) is 18.6 Å². The van der Waals surface area contributed by atoms with Crippen LogP contribution in [0.4, 0.5) is 14.5 Å². The molecule has 84 valence electrons. The van der Waals surface area contributed by atoms with E-state index in [2.05, 4.69) is 5.32 Å². The first-order valence-corrected chi connectivity index (χ1v) is 6.32. The molecule has 0 unspecified atom stereocenters. The molecular formula is C11H15F2NS. The molecular weight excluding hydrogens is 216 g/mol. The predicted molar refractivity (Wildman–Crippen MR) is 62.5 cm³/mol. The number of anilines is 1. The van der Waals surface area contributed by atoms with Crippen LogP contribution in [0.5, 0.6) is 0 Å². The summed E-state index contributed by atoms with van der Waals surface area (Å²) in [6, 6.07) is 3.88. The highest BCUT2D eigenvalue weighted by Gasteiger charge is 2.06. The van der Waals surface area contributed by atoms with Gasteiger partial charge >= 0.3 is 0 Å². The van der Waals surface area contributed by atoms with Gasteiger partial charge in [0.25, 0.3) is 0 Å². The molecule has 1 aromatic carbocycles. The quantitative estimate of drug-likeness (QED) is 0.752. The fourth-order valence-corrected chi connectivity index (χ4v) is 1.74. The van der Waals surface area contributed by atoms with Gasteiger partial charge in [0, 0.05) is 6.54 Å². The van der Waals surface area contributed by atoms with Gasteiger partial charge in [0.2, 0.25) is 0 Å². The summed E-state index contributed by atoms with van der Waals surface area (Å²) in [7, 11) is 0. The Kier molecular flexibility index (Phi) is 5.47. The first-order chi connectivity index (χ1) is 7.25. The molecule has 1 N–H and O–H groups in total. The summed E-state index contributed by atoms with van der Waals surface area (Å²) in [5.41, 5.74) is -0.0124. The topological polar surface area (TPSA) is 12.0 Å². The van der Waals surface area contributed by atoms with Gasteiger partial charge in [0.15, 0.2) is 0 Å². The van der Waals surface area contributed by atoms with E-state index < -0.39 is 11.6 Å². The van der Waals surface area contributed by atoms with E-state index in [0.717, 1.165) is 18.6 Å². The predicted octanol–water partition coefficient (Wildman–Crippen LogP) is 3.52. The van der Waals surface area contributed by atoms with Gasteiger partial charge in [-0.25, -0.2) is 8.78 Å². The number of para-hydroxylation sites is 1. The van der Waals surface area contributed by atoms with Crippen LogP contribution in [0.2, 0.25) is 0 Å². The van der Waals surface area contributed by atoms with E-state index in [0.29, 0.717) is 6.54 Å². The molecule has 0 aliphatic rings. The second-order valence-corrected chi connectivity index (χ2v) is 4.21. The Morgan fingerprint density at radius 2 is 1.87 bits per heavy atom. The summed E-state index contributed by atoms with van der Waals surface area (Å²) in [6.07, 6.45) is 4.03. The fraction of sp³-hybridized carbons (Fsp3) is 0.455.